The van der Waals surface area contributed by atoms with Gasteiger partial charge in [0.05, 0.1) is 12.2 Å². The number of nitrogens with zero attached hydrogens (tertiary/aromatic N) is 1. The molecule has 0 saturated carbocycles. The molecule has 0 saturated heterocycles. The fourth-order valence-electron chi connectivity index (χ4n) is 1.65. The molecule has 0 aliphatic heterocycles. The van der Waals surface area contributed by atoms with Crippen molar-refractivity contribution >= 4 is 11.9 Å². The molecule has 0 spiro atoms. The predicted octanol–water partition coefficient (Wildman–Crippen LogP) is 0.494. The summed E-state index contributed by atoms with van der Waals surface area (Å²) in [5.41, 5.74) is -0.572. The van der Waals surface area contributed by atoms with Crippen LogP contribution in [0.25, 0.3) is 0 Å². The Kier molecular flexibility index (Phi) is 5.31. The summed E-state index contributed by atoms with van der Waals surface area (Å²) in [6, 6.07) is 1.96. The summed E-state index contributed by atoms with van der Waals surface area (Å²) in [5, 5.41) is 9.31. The van der Waals surface area contributed by atoms with Crippen LogP contribution in [0.2, 0.25) is 0 Å². The molecule has 1 aromatic heterocycles. The average molecular weight is 282 g/mol. The maximum Gasteiger partial charge on any atom is 0.325 e. The SMILES string of the molecule is CCOC(=O)CN(C(=O)c1cc(O)[nH]c(=O)c1)C(C)C. The van der Waals surface area contributed by atoms with Crippen LogP contribution >= 0.6 is 0 Å². The van der Waals surface area contributed by atoms with Crippen LogP contribution in [0.15, 0.2) is 16.9 Å². The largest absolute Gasteiger partial charge is 0.494 e. The van der Waals surface area contributed by atoms with Crippen molar-refractivity contribution in [3.8, 4) is 5.88 Å². The summed E-state index contributed by atoms with van der Waals surface area (Å²) in [6.45, 7) is 5.17. The van der Waals surface area contributed by atoms with Gasteiger partial charge < -0.3 is 14.7 Å². The number of aromatic hydroxyl groups is 1. The number of hydrogen-bond donors (Lipinski definition) is 2. The number of aromatic amines is 1. The third-order valence-corrected chi connectivity index (χ3v) is 2.57. The van der Waals surface area contributed by atoms with E-state index in [0.717, 1.165) is 12.1 Å². The van der Waals surface area contributed by atoms with E-state index in [-0.39, 0.29) is 24.8 Å². The molecule has 1 heterocycles. The minimum absolute atomic E-state index is 0.0178. The van der Waals surface area contributed by atoms with Gasteiger partial charge in [0.1, 0.15) is 6.54 Å². The summed E-state index contributed by atoms with van der Waals surface area (Å²) < 4.78 is 4.81. The van der Waals surface area contributed by atoms with Gasteiger partial charge in [-0.05, 0) is 20.8 Å². The Morgan fingerprint density at radius 2 is 2.05 bits per heavy atom. The lowest BCUT2D eigenvalue weighted by Crippen LogP contribution is -2.41. The number of ether oxygens (including phenoxy) is 1. The molecule has 0 aromatic carbocycles. The second-order valence-corrected chi connectivity index (χ2v) is 4.45. The number of nitrogens with one attached hydrogen (secondary N) is 1. The first kappa shape index (κ1) is 15.7. The van der Waals surface area contributed by atoms with E-state index in [1.807, 2.05) is 0 Å². The van der Waals surface area contributed by atoms with Crippen LogP contribution < -0.4 is 5.56 Å². The van der Waals surface area contributed by atoms with Gasteiger partial charge in [-0.15, -0.1) is 0 Å². The van der Waals surface area contributed by atoms with Gasteiger partial charge in [0.2, 0.25) is 0 Å². The zero-order valence-corrected chi connectivity index (χ0v) is 11.7. The Bertz CT molecular complexity index is 550. The number of pyridine rings is 1. The predicted molar refractivity (Wildman–Crippen MR) is 71.5 cm³/mol. The maximum absolute atomic E-state index is 12.3. The van der Waals surface area contributed by atoms with Crippen molar-refractivity contribution in [3.63, 3.8) is 0 Å². The van der Waals surface area contributed by atoms with Gasteiger partial charge in [-0.3, -0.25) is 19.4 Å². The molecular weight excluding hydrogens is 264 g/mol. The third kappa shape index (κ3) is 4.11. The van der Waals surface area contributed by atoms with Crippen molar-refractivity contribution in [2.24, 2.45) is 0 Å². The second kappa shape index (κ2) is 6.74. The lowest BCUT2D eigenvalue weighted by molar-refractivity contribution is -0.144. The van der Waals surface area contributed by atoms with Crippen molar-refractivity contribution in [2.45, 2.75) is 26.8 Å². The highest BCUT2D eigenvalue weighted by molar-refractivity contribution is 5.96. The molecule has 0 atom stereocenters. The van der Waals surface area contributed by atoms with Crippen LogP contribution in [0, 0.1) is 0 Å². The first-order chi connectivity index (χ1) is 9.35. The van der Waals surface area contributed by atoms with Crippen LogP contribution in [0.3, 0.4) is 0 Å². The number of hydrogen-bond acceptors (Lipinski definition) is 5. The number of amides is 1. The molecule has 0 radical (unpaired) electrons. The minimum Gasteiger partial charge on any atom is -0.494 e. The number of carbonyl (C=O) groups excluding carboxylic acids is 2. The van der Waals surface area contributed by atoms with Crippen molar-refractivity contribution < 1.29 is 19.4 Å². The molecule has 1 rings (SSSR count). The number of carbonyl (C=O) groups is 2. The highest BCUT2D eigenvalue weighted by Crippen LogP contribution is 2.10. The zero-order valence-electron chi connectivity index (χ0n) is 11.7. The Labute approximate surface area is 116 Å². The van der Waals surface area contributed by atoms with E-state index in [0.29, 0.717) is 0 Å². The summed E-state index contributed by atoms with van der Waals surface area (Å²) >= 11 is 0. The molecule has 7 nitrogen and oxygen atoms in total. The van der Waals surface area contributed by atoms with Crippen molar-refractivity contribution in [1.82, 2.24) is 9.88 Å². The Hall–Kier alpha value is -2.31. The highest BCUT2D eigenvalue weighted by Gasteiger charge is 2.22. The van der Waals surface area contributed by atoms with Gasteiger partial charge in [-0.1, -0.05) is 0 Å². The fraction of sp³-hybridized carbons (Fsp3) is 0.462. The van der Waals surface area contributed by atoms with Gasteiger partial charge >= 0.3 is 5.97 Å². The van der Waals surface area contributed by atoms with Crippen molar-refractivity contribution in [2.75, 3.05) is 13.2 Å². The molecule has 0 aliphatic rings. The quantitative estimate of drug-likeness (QED) is 0.766. The van der Waals surface area contributed by atoms with Crippen LogP contribution in [0.5, 0.6) is 5.88 Å². The number of aromatic nitrogens is 1. The standard InChI is InChI=1S/C13H18N2O5/c1-4-20-12(18)7-15(8(2)3)13(19)9-5-10(16)14-11(17)6-9/h5-6,8H,4,7H2,1-3H3,(H2,14,16,17). The Morgan fingerprint density at radius 1 is 1.40 bits per heavy atom. The molecular formula is C13H18N2O5. The van der Waals surface area contributed by atoms with E-state index in [9.17, 15) is 19.5 Å². The van der Waals surface area contributed by atoms with Gasteiger partial charge in [-0.2, -0.15) is 0 Å². The molecule has 110 valence electrons. The monoisotopic (exact) mass is 282 g/mol. The van der Waals surface area contributed by atoms with E-state index in [1.165, 1.54) is 4.90 Å². The number of rotatable bonds is 5. The normalized spacial score (nSPS) is 10.4. The number of H-pyrrole nitrogens is 1. The van der Waals surface area contributed by atoms with E-state index in [4.69, 9.17) is 4.74 Å². The van der Waals surface area contributed by atoms with Gasteiger partial charge in [0.25, 0.3) is 11.5 Å². The van der Waals surface area contributed by atoms with Gasteiger partial charge in [0, 0.05) is 18.2 Å². The summed E-state index contributed by atoms with van der Waals surface area (Å²) in [4.78, 5) is 38.4. The van der Waals surface area contributed by atoms with Crippen LogP contribution in [0.4, 0.5) is 0 Å². The topological polar surface area (TPSA) is 99.7 Å². The first-order valence-corrected chi connectivity index (χ1v) is 6.25. The lowest BCUT2D eigenvalue weighted by atomic mass is 10.2. The Morgan fingerprint density at radius 3 is 2.55 bits per heavy atom. The van der Waals surface area contributed by atoms with Crippen molar-refractivity contribution in [3.05, 3.63) is 28.0 Å². The van der Waals surface area contributed by atoms with Gasteiger partial charge in [-0.25, -0.2) is 0 Å². The third-order valence-electron chi connectivity index (χ3n) is 2.57. The Balaban J connectivity index is 2.99. The average Bonchev–Trinajstić information content (AvgIpc) is 2.34. The van der Waals surface area contributed by atoms with Crippen LogP contribution in [-0.2, 0) is 9.53 Å². The second-order valence-electron chi connectivity index (χ2n) is 4.45. The van der Waals surface area contributed by atoms with E-state index in [2.05, 4.69) is 4.98 Å². The summed E-state index contributed by atoms with van der Waals surface area (Å²) in [6.07, 6.45) is 0. The van der Waals surface area contributed by atoms with Crippen LogP contribution in [0.1, 0.15) is 31.1 Å². The first-order valence-electron chi connectivity index (χ1n) is 6.25. The molecule has 1 aromatic rings. The van der Waals surface area contributed by atoms with Crippen LogP contribution in [-0.4, -0.2) is 46.1 Å². The molecule has 0 unspecified atom stereocenters. The molecule has 20 heavy (non-hydrogen) atoms. The maximum atomic E-state index is 12.3. The molecule has 0 fully saturated rings. The fourth-order valence-corrected chi connectivity index (χ4v) is 1.65. The van der Waals surface area contributed by atoms with E-state index in [1.54, 1.807) is 20.8 Å². The molecule has 7 heteroatoms. The lowest BCUT2D eigenvalue weighted by Gasteiger charge is -2.25. The summed E-state index contributed by atoms with van der Waals surface area (Å²) in [7, 11) is 0. The van der Waals surface area contributed by atoms with E-state index < -0.39 is 23.3 Å². The molecule has 0 bridgehead atoms. The summed E-state index contributed by atoms with van der Waals surface area (Å²) in [5.74, 6) is -1.45. The molecule has 0 aliphatic carbocycles. The van der Waals surface area contributed by atoms with Gasteiger partial charge in [0.15, 0.2) is 5.88 Å². The molecule has 2 N–H and O–H groups in total. The van der Waals surface area contributed by atoms with E-state index >= 15 is 0 Å². The smallest absolute Gasteiger partial charge is 0.325 e. The highest BCUT2D eigenvalue weighted by atomic mass is 16.5. The molecule has 1 amide bonds. The van der Waals surface area contributed by atoms with Crippen molar-refractivity contribution in [1.29, 1.82) is 0 Å². The zero-order chi connectivity index (χ0) is 15.3. The number of esters is 1. The minimum atomic E-state index is -0.590.